The van der Waals surface area contributed by atoms with Gasteiger partial charge in [0.1, 0.15) is 0 Å². The SMILES string of the molecule is CS(=O)(=O)N1CCN(C(=O)CN(C[C@@H]2CCOC2)C2CC2)CC1. The van der Waals surface area contributed by atoms with E-state index in [-0.39, 0.29) is 5.91 Å². The molecule has 0 bridgehead atoms. The summed E-state index contributed by atoms with van der Waals surface area (Å²) in [6, 6.07) is 0.553. The third-order valence-electron chi connectivity index (χ3n) is 4.98. The third-order valence-corrected chi connectivity index (χ3v) is 6.28. The average Bonchev–Trinajstić information content (AvgIpc) is 3.24. The van der Waals surface area contributed by atoms with Gasteiger partial charge in [0.05, 0.1) is 19.4 Å². The summed E-state index contributed by atoms with van der Waals surface area (Å²) < 4.78 is 30.0. The van der Waals surface area contributed by atoms with Crippen molar-refractivity contribution in [2.45, 2.75) is 25.3 Å². The van der Waals surface area contributed by atoms with Crippen molar-refractivity contribution in [3.8, 4) is 0 Å². The molecule has 0 aromatic rings. The molecule has 8 heteroatoms. The Labute approximate surface area is 138 Å². The van der Waals surface area contributed by atoms with E-state index >= 15 is 0 Å². The molecule has 0 unspecified atom stereocenters. The highest BCUT2D eigenvalue weighted by atomic mass is 32.2. The lowest BCUT2D eigenvalue weighted by atomic mass is 10.1. The maximum Gasteiger partial charge on any atom is 0.236 e. The van der Waals surface area contributed by atoms with E-state index in [9.17, 15) is 13.2 Å². The van der Waals surface area contributed by atoms with Gasteiger partial charge >= 0.3 is 0 Å². The highest BCUT2D eigenvalue weighted by molar-refractivity contribution is 7.88. The van der Waals surface area contributed by atoms with E-state index in [1.165, 1.54) is 23.4 Å². The van der Waals surface area contributed by atoms with E-state index in [0.717, 1.165) is 26.2 Å². The molecule has 132 valence electrons. The third kappa shape index (κ3) is 4.65. The van der Waals surface area contributed by atoms with Gasteiger partial charge in [-0.15, -0.1) is 0 Å². The summed E-state index contributed by atoms with van der Waals surface area (Å²) >= 11 is 0. The highest BCUT2D eigenvalue weighted by Crippen LogP contribution is 2.29. The van der Waals surface area contributed by atoms with Crippen LogP contribution in [0.4, 0.5) is 0 Å². The molecule has 0 aromatic heterocycles. The van der Waals surface area contributed by atoms with Crippen LogP contribution in [0.15, 0.2) is 0 Å². The van der Waals surface area contributed by atoms with Crippen molar-refractivity contribution < 1.29 is 17.9 Å². The van der Waals surface area contributed by atoms with Gasteiger partial charge in [0.25, 0.3) is 0 Å². The van der Waals surface area contributed by atoms with Gasteiger partial charge in [0.15, 0.2) is 0 Å². The van der Waals surface area contributed by atoms with E-state index in [0.29, 0.717) is 44.7 Å². The average molecular weight is 345 g/mol. The summed E-state index contributed by atoms with van der Waals surface area (Å²) in [4.78, 5) is 16.7. The molecule has 7 nitrogen and oxygen atoms in total. The molecule has 2 aliphatic heterocycles. The van der Waals surface area contributed by atoms with Gasteiger partial charge < -0.3 is 9.64 Å². The van der Waals surface area contributed by atoms with Gasteiger partial charge in [-0.25, -0.2) is 8.42 Å². The van der Waals surface area contributed by atoms with Gasteiger partial charge in [-0.05, 0) is 25.2 Å². The molecule has 1 atom stereocenters. The minimum absolute atomic E-state index is 0.129. The standard InChI is InChI=1S/C15H27N3O4S/c1-23(20,21)18-7-5-16(6-8-18)15(19)11-17(14-2-3-14)10-13-4-9-22-12-13/h13-14H,2-12H2,1H3/t13-/m0/s1. The largest absolute Gasteiger partial charge is 0.381 e. The van der Waals surface area contributed by atoms with Gasteiger partial charge in [-0.2, -0.15) is 4.31 Å². The summed E-state index contributed by atoms with van der Waals surface area (Å²) in [6.07, 6.45) is 4.68. The van der Waals surface area contributed by atoms with Crippen LogP contribution in [0.1, 0.15) is 19.3 Å². The zero-order valence-corrected chi connectivity index (χ0v) is 14.6. The molecule has 2 saturated heterocycles. The molecule has 0 spiro atoms. The van der Waals surface area contributed by atoms with E-state index in [1.54, 1.807) is 0 Å². The summed E-state index contributed by atoms with van der Waals surface area (Å²) in [5.74, 6) is 0.675. The molecular formula is C15H27N3O4S. The van der Waals surface area contributed by atoms with Crippen LogP contribution < -0.4 is 0 Å². The van der Waals surface area contributed by atoms with Crippen LogP contribution in [-0.4, -0.2) is 93.2 Å². The number of rotatable bonds is 6. The Morgan fingerprint density at radius 1 is 1.17 bits per heavy atom. The van der Waals surface area contributed by atoms with E-state index in [4.69, 9.17) is 4.74 Å². The predicted molar refractivity (Wildman–Crippen MR) is 86.5 cm³/mol. The van der Waals surface area contributed by atoms with Crippen molar-refractivity contribution in [2.75, 3.05) is 58.7 Å². The maximum absolute atomic E-state index is 12.6. The second-order valence-electron chi connectivity index (χ2n) is 6.93. The summed E-state index contributed by atoms with van der Waals surface area (Å²) in [7, 11) is -3.15. The quantitative estimate of drug-likeness (QED) is 0.655. The Morgan fingerprint density at radius 2 is 1.87 bits per heavy atom. The monoisotopic (exact) mass is 345 g/mol. The zero-order chi connectivity index (χ0) is 16.4. The molecule has 0 N–H and O–H groups in total. The summed E-state index contributed by atoms with van der Waals surface area (Å²) in [5.41, 5.74) is 0. The van der Waals surface area contributed by atoms with Crippen molar-refractivity contribution >= 4 is 15.9 Å². The fourth-order valence-corrected chi connectivity index (χ4v) is 4.21. The molecule has 2 heterocycles. The topological polar surface area (TPSA) is 70.2 Å². The van der Waals surface area contributed by atoms with Crippen LogP contribution in [0.2, 0.25) is 0 Å². The molecule has 1 aliphatic carbocycles. The van der Waals surface area contributed by atoms with Crippen LogP contribution in [0.3, 0.4) is 0 Å². The minimum atomic E-state index is -3.15. The molecule has 1 amide bonds. The lowest BCUT2D eigenvalue weighted by Gasteiger charge is -2.35. The number of hydrogen-bond donors (Lipinski definition) is 0. The van der Waals surface area contributed by atoms with Crippen molar-refractivity contribution in [1.82, 2.24) is 14.1 Å². The van der Waals surface area contributed by atoms with Crippen molar-refractivity contribution in [3.63, 3.8) is 0 Å². The second kappa shape index (κ2) is 7.04. The molecular weight excluding hydrogens is 318 g/mol. The van der Waals surface area contributed by atoms with Crippen molar-refractivity contribution in [1.29, 1.82) is 0 Å². The number of carbonyl (C=O) groups excluding carboxylic acids is 1. The first-order chi connectivity index (χ1) is 10.9. The van der Waals surface area contributed by atoms with Crippen LogP contribution >= 0.6 is 0 Å². The Bertz CT molecular complexity index is 521. The molecule has 23 heavy (non-hydrogen) atoms. The first kappa shape index (κ1) is 17.1. The van der Waals surface area contributed by atoms with E-state index < -0.39 is 10.0 Å². The van der Waals surface area contributed by atoms with Gasteiger partial charge in [0, 0.05) is 45.4 Å². The van der Waals surface area contributed by atoms with Crippen LogP contribution in [-0.2, 0) is 19.6 Å². The molecule has 0 aromatic carbocycles. The van der Waals surface area contributed by atoms with Gasteiger partial charge in [-0.3, -0.25) is 9.69 Å². The molecule has 3 rings (SSSR count). The number of ether oxygens (including phenoxy) is 1. The van der Waals surface area contributed by atoms with Gasteiger partial charge in [-0.1, -0.05) is 0 Å². The minimum Gasteiger partial charge on any atom is -0.381 e. The lowest BCUT2D eigenvalue weighted by molar-refractivity contribution is -0.133. The second-order valence-corrected chi connectivity index (χ2v) is 8.92. The first-order valence-corrected chi connectivity index (χ1v) is 10.3. The lowest BCUT2D eigenvalue weighted by Crippen LogP contribution is -2.52. The van der Waals surface area contributed by atoms with Crippen LogP contribution in [0.5, 0.6) is 0 Å². The molecule has 3 aliphatic rings. The number of amides is 1. The Kier molecular flexibility index (Phi) is 5.25. The Hall–Kier alpha value is -0.700. The van der Waals surface area contributed by atoms with Gasteiger partial charge in [0.2, 0.25) is 15.9 Å². The first-order valence-electron chi connectivity index (χ1n) is 8.48. The van der Waals surface area contributed by atoms with Crippen LogP contribution in [0, 0.1) is 5.92 Å². The highest BCUT2D eigenvalue weighted by Gasteiger charge is 2.34. The molecule has 1 saturated carbocycles. The Morgan fingerprint density at radius 3 is 2.39 bits per heavy atom. The molecule has 3 fully saturated rings. The number of sulfonamides is 1. The summed E-state index contributed by atoms with van der Waals surface area (Å²) in [5, 5.41) is 0. The fraction of sp³-hybridized carbons (Fsp3) is 0.933. The van der Waals surface area contributed by atoms with Crippen LogP contribution in [0.25, 0.3) is 0 Å². The van der Waals surface area contributed by atoms with E-state index in [2.05, 4.69) is 4.90 Å². The smallest absolute Gasteiger partial charge is 0.236 e. The van der Waals surface area contributed by atoms with Crippen molar-refractivity contribution in [3.05, 3.63) is 0 Å². The Balaban J connectivity index is 1.49. The number of carbonyl (C=O) groups is 1. The normalized spacial score (nSPS) is 26.9. The zero-order valence-electron chi connectivity index (χ0n) is 13.8. The molecule has 0 radical (unpaired) electrons. The number of piperazine rings is 1. The fourth-order valence-electron chi connectivity index (χ4n) is 3.38. The number of hydrogen-bond acceptors (Lipinski definition) is 5. The van der Waals surface area contributed by atoms with Crippen molar-refractivity contribution in [2.24, 2.45) is 5.92 Å². The number of nitrogens with zero attached hydrogens (tertiary/aromatic N) is 3. The maximum atomic E-state index is 12.6. The summed E-state index contributed by atoms with van der Waals surface area (Å²) in [6.45, 7) is 4.86. The van der Waals surface area contributed by atoms with E-state index in [1.807, 2.05) is 4.90 Å². The predicted octanol–water partition coefficient (Wildman–Crippen LogP) is -0.409.